The van der Waals surface area contributed by atoms with E-state index < -0.39 is 10.1 Å². The summed E-state index contributed by atoms with van der Waals surface area (Å²) in [5.41, 5.74) is 0.726. The molecule has 0 aromatic heterocycles. The third-order valence-electron chi connectivity index (χ3n) is 6.95. The van der Waals surface area contributed by atoms with Crippen LogP contribution >= 0.6 is 0 Å². The van der Waals surface area contributed by atoms with Crippen molar-refractivity contribution < 1.29 is 17.7 Å². The molecule has 35 heavy (non-hydrogen) atoms. The molecule has 0 bridgehead atoms. The van der Waals surface area contributed by atoms with Gasteiger partial charge < -0.3 is 4.74 Å². The van der Waals surface area contributed by atoms with Crippen LogP contribution in [0, 0.1) is 6.92 Å². The highest BCUT2D eigenvalue weighted by Crippen LogP contribution is 2.22. The van der Waals surface area contributed by atoms with E-state index in [4.69, 9.17) is 9.29 Å². The highest BCUT2D eigenvalue weighted by Gasteiger charge is 2.11. The first-order valence-electron chi connectivity index (χ1n) is 14.7. The number of hydrogen-bond donors (Lipinski definition) is 1. The Morgan fingerprint density at radius 3 is 1.34 bits per heavy atom. The minimum atomic E-state index is -4.15. The van der Waals surface area contributed by atoms with Gasteiger partial charge in [0.15, 0.2) is 0 Å². The Morgan fingerprint density at radius 2 is 1.00 bits per heavy atom. The van der Waals surface area contributed by atoms with E-state index in [2.05, 4.69) is 6.92 Å². The van der Waals surface area contributed by atoms with Crippen molar-refractivity contribution >= 4 is 10.1 Å². The van der Waals surface area contributed by atoms with Crippen LogP contribution in [0.15, 0.2) is 23.1 Å². The van der Waals surface area contributed by atoms with Crippen molar-refractivity contribution in [2.24, 2.45) is 0 Å². The van der Waals surface area contributed by atoms with Gasteiger partial charge in [0.05, 0.1) is 11.5 Å². The summed E-state index contributed by atoms with van der Waals surface area (Å²) in [5, 5.41) is 0. The fraction of sp³-hybridized carbons (Fsp3) is 0.800. The first-order valence-corrected chi connectivity index (χ1v) is 16.1. The Bertz CT molecular complexity index is 730. The third-order valence-corrected chi connectivity index (χ3v) is 7.80. The van der Waals surface area contributed by atoms with Crippen molar-refractivity contribution in [3.05, 3.63) is 23.8 Å². The Hall–Kier alpha value is -1.07. The van der Waals surface area contributed by atoms with E-state index in [1.165, 1.54) is 141 Å². The lowest BCUT2D eigenvalue weighted by Gasteiger charge is -2.10. The quantitative estimate of drug-likeness (QED) is 0.111. The number of aryl methyl sites for hydroxylation is 1. The van der Waals surface area contributed by atoms with Crippen molar-refractivity contribution in [3.8, 4) is 5.75 Å². The average Bonchev–Trinajstić information content (AvgIpc) is 2.82. The number of benzene rings is 1. The lowest BCUT2D eigenvalue weighted by atomic mass is 10.0. The molecule has 1 rings (SSSR count). The summed E-state index contributed by atoms with van der Waals surface area (Å²) < 4.78 is 37.2. The van der Waals surface area contributed by atoms with E-state index in [-0.39, 0.29) is 4.90 Å². The van der Waals surface area contributed by atoms with E-state index in [1.54, 1.807) is 13.0 Å². The fourth-order valence-electron chi connectivity index (χ4n) is 4.66. The molecule has 0 atom stereocenters. The normalized spacial score (nSPS) is 11.7. The standard InChI is InChI=1S/C30H54O4S/c1-3-4-5-6-7-8-9-10-11-12-13-14-15-16-17-18-19-20-21-22-23-26-34-30-25-24-29(27-28(30)2)35(31,32)33/h24-25,27H,3-23,26H2,1-2H3,(H,31,32,33). The van der Waals surface area contributed by atoms with Gasteiger partial charge in [0.25, 0.3) is 10.1 Å². The van der Waals surface area contributed by atoms with Crippen LogP contribution < -0.4 is 4.74 Å². The molecule has 0 amide bonds. The average molecular weight is 511 g/mol. The number of ether oxygens (including phenoxy) is 1. The maximum Gasteiger partial charge on any atom is 0.294 e. The number of rotatable bonds is 24. The second-order valence-corrected chi connectivity index (χ2v) is 11.7. The molecule has 0 spiro atoms. The predicted octanol–water partition coefficient (Wildman–Crippen LogP) is 9.83. The van der Waals surface area contributed by atoms with Crippen molar-refractivity contribution in [1.82, 2.24) is 0 Å². The van der Waals surface area contributed by atoms with Crippen LogP contribution in [0.2, 0.25) is 0 Å². The fourth-order valence-corrected chi connectivity index (χ4v) is 5.23. The molecular weight excluding hydrogens is 456 g/mol. The summed E-state index contributed by atoms with van der Waals surface area (Å²) in [6, 6.07) is 4.45. The molecule has 204 valence electrons. The molecule has 0 aliphatic carbocycles. The van der Waals surface area contributed by atoms with Gasteiger partial charge in [-0.1, -0.05) is 135 Å². The van der Waals surface area contributed by atoms with Crippen LogP contribution in [0.1, 0.15) is 147 Å². The Labute approximate surface area is 217 Å². The van der Waals surface area contributed by atoms with Gasteiger partial charge in [0, 0.05) is 0 Å². The second kappa shape index (κ2) is 21.1. The lowest BCUT2D eigenvalue weighted by Crippen LogP contribution is -2.02. The maximum atomic E-state index is 11.2. The van der Waals surface area contributed by atoms with Gasteiger partial charge in [-0.2, -0.15) is 8.42 Å². The zero-order valence-corrected chi connectivity index (χ0v) is 23.7. The summed E-state index contributed by atoms with van der Waals surface area (Å²) >= 11 is 0. The molecule has 0 saturated carbocycles. The van der Waals surface area contributed by atoms with Crippen LogP contribution in [0.4, 0.5) is 0 Å². The van der Waals surface area contributed by atoms with E-state index in [0.29, 0.717) is 12.4 Å². The Morgan fingerprint density at radius 1 is 0.629 bits per heavy atom. The highest BCUT2D eigenvalue weighted by molar-refractivity contribution is 7.85. The van der Waals surface area contributed by atoms with Crippen LogP contribution in [0.25, 0.3) is 0 Å². The van der Waals surface area contributed by atoms with Crippen LogP contribution in [-0.2, 0) is 10.1 Å². The largest absolute Gasteiger partial charge is 0.493 e. The summed E-state index contributed by atoms with van der Waals surface area (Å²) in [6.07, 6.45) is 28.9. The molecule has 0 unspecified atom stereocenters. The molecule has 1 aromatic carbocycles. The Kier molecular flexibility index (Phi) is 19.2. The van der Waals surface area contributed by atoms with E-state index in [1.807, 2.05) is 0 Å². The topological polar surface area (TPSA) is 63.6 Å². The smallest absolute Gasteiger partial charge is 0.294 e. The first kappa shape index (κ1) is 32.0. The number of unbranched alkanes of at least 4 members (excludes halogenated alkanes) is 20. The summed E-state index contributed by atoms with van der Waals surface area (Å²) in [4.78, 5) is -0.0866. The summed E-state index contributed by atoms with van der Waals surface area (Å²) in [5.74, 6) is 0.686. The summed E-state index contributed by atoms with van der Waals surface area (Å²) in [7, 11) is -4.15. The van der Waals surface area contributed by atoms with E-state index >= 15 is 0 Å². The molecule has 5 heteroatoms. The van der Waals surface area contributed by atoms with Crippen molar-refractivity contribution in [1.29, 1.82) is 0 Å². The van der Waals surface area contributed by atoms with Gasteiger partial charge in [-0.15, -0.1) is 0 Å². The molecular formula is C30H54O4S. The van der Waals surface area contributed by atoms with Crippen molar-refractivity contribution in [3.63, 3.8) is 0 Å². The van der Waals surface area contributed by atoms with Gasteiger partial charge in [-0.05, 0) is 37.1 Å². The molecule has 0 aliphatic heterocycles. The van der Waals surface area contributed by atoms with Crippen LogP contribution in [-0.4, -0.2) is 19.6 Å². The molecule has 0 radical (unpaired) electrons. The minimum absolute atomic E-state index is 0.0866. The minimum Gasteiger partial charge on any atom is -0.493 e. The van der Waals surface area contributed by atoms with Gasteiger partial charge in [0.2, 0.25) is 0 Å². The highest BCUT2D eigenvalue weighted by atomic mass is 32.2. The predicted molar refractivity (Wildman–Crippen MR) is 149 cm³/mol. The van der Waals surface area contributed by atoms with Gasteiger partial charge in [0.1, 0.15) is 5.75 Å². The summed E-state index contributed by atoms with van der Waals surface area (Å²) in [6.45, 7) is 4.72. The Balaban J connectivity index is 1.81. The lowest BCUT2D eigenvalue weighted by molar-refractivity contribution is 0.302. The zero-order valence-electron chi connectivity index (χ0n) is 22.9. The maximum absolute atomic E-state index is 11.2. The van der Waals surface area contributed by atoms with Gasteiger partial charge >= 0.3 is 0 Å². The third kappa shape index (κ3) is 17.9. The monoisotopic (exact) mass is 510 g/mol. The number of hydrogen-bond acceptors (Lipinski definition) is 3. The molecule has 4 nitrogen and oxygen atoms in total. The van der Waals surface area contributed by atoms with Gasteiger partial charge in [-0.3, -0.25) is 4.55 Å². The van der Waals surface area contributed by atoms with E-state index in [0.717, 1.165) is 12.0 Å². The molecule has 0 fully saturated rings. The van der Waals surface area contributed by atoms with Crippen LogP contribution in [0.3, 0.4) is 0 Å². The van der Waals surface area contributed by atoms with Crippen molar-refractivity contribution in [2.75, 3.05) is 6.61 Å². The molecule has 0 aliphatic rings. The van der Waals surface area contributed by atoms with Crippen molar-refractivity contribution in [2.45, 2.75) is 154 Å². The molecule has 0 heterocycles. The van der Waals surface area contributed by atoms with Gasteiger partial charge in [-0.25, -0.2) is 0 Å². The first-order chi connectivity index (χ1) is 16.9. The van der Waals surface area contributed by atoms with E-state index in [9.17, 15) is 8.42 Å². The molecule has 1 aromatic rings. The molecule has 0 saturated heterocycles. The SMILES string of the molecule is CCCCCCCCCCCCCCCCCCCCCCCOc1ccc(S(=O)(=O)O)cc1C. The zero-order chi connectivity index (χ0) is 25.6. The van der Waals surface area contributed by atoms with Crippen LogP contribution in [0.5, 0.6) is 5.75 Å². The molecule has 1 N–H and O–H groups in total. The second-order valence-electron chi connectivity index (χ2n) is 10.3.